The van der Waals surface area contributed by atoms with Gasteiger partial charge in [0.2, 0.25) is 5.91 Å². The second-order valence-corrected chi connectivity index (χ2v) is 3.79. The van der Waals surface area contributed by atoms with E-state index in [-0.39, 0.29) is 11.1 Å². The van der Waals surface area contributed by atoms with E-state index >= 15 is 0 Å². The average Bonchev–Trinajstić information content (AvgIpc) is 2.35. The van der Waals surface area contributed by atoms with Crippen LogP contribution < -0.4 is 5.32 Å². The van der Waals surface area contributed by atoms with E-state index in [2.05, 4.69) is 15.0 Å². The molecule has 0 bridgehead atoms. The van der Waals surface area contributed by atoms with Gasteiger partial charge >= 0.3 is 5.97 Å². The van der Waals surface area contributed by atoms with Crippen LogP contribution in [-0.2, 0) is 9.53 Å². The molecule has 6 heteroatoms. The summed E-state index contributed by atoms with van der Waals surface area (Å²) in [5, 5.41) is 2.88. The third-order valence-corrected chi connectivity index (χ3v) is 2.37. The molecule has 0 aliphatic rings. The molecule has 0 spiro atoms. The minimum atomic E-state index is -0.476. The van der Waals surface area contributed by atoms with Gasteiger partial charge in [0.1, 0.15) is 5.15 Å². The van der Waals surface area contributed by atoms with Gasteiger partial charge in [0.25, 0.3) is 0 Å². The first-order valence-electron chi connectivity index (χ1n) is 5.19. The summed E-state index contributed by atoms with van der Waals surface area (Å²) in [5.41, 5.74) is 0.908. The lowest BCUT2D eigenvalue weighted by molar-refractivity contribution is -0.118. The number of pyridine rings is 1. The number of rotatable bonds is 4. The van der Waals surface area contributed by atoms with E-state index in [1.54, 1.807) is 18.2 Å². The SMILES string of the molecule is COC(=O)c1cnc(Cl)c(C=CCNC(C)=O)c1. The Kier molecular flexibility index (Phi) is 5.32. The Morgan fingerprint density at radius 2 is 2.28 bits per heavy atom. The van der Waals surface area contributed by atoms with Gasteiger partial charge in [0.05, 0.1) is 12.7 Å². The summed E-state index contributed by atoms with van der Waals surface area (Å²) in [6.07, 6.45) is 4.74. The van der Waals surface area contributed by atoms with Gasteiger partial charge in [0.15, 0.2) is 0 Å². The lowest BCUT2D eigenvalue weighted by Gasteiger charge is -2.02. The van der Waals surface area contributed by atoms with Crippen LogP contribution in [0.25, 0.3) is 6.08 Å². The Balaban J connectivity index is 2.81. The summed E-state index contributed by atoms with van der Waals surface area (Å²) < 4.78 is 4.59. The van der Waals surface area contributed by atoms with Crippen LogP contribution in [0.2, 0.25) is 5.15 Å². The summed E-state index contributed by atoms with van der Waals surface area (Å²) in [5.74, 6) is -0.595. The number of hydrogen-bond acceptors (Lipinski definition) is 4. The van der Waals surface area contributed by atoms with E-state index in [1.165, 1.54) is 20.2 Å². The number of aromatic nitrogens is 1. The van der Waals surface area contributed by atoms with Crippen molar-refractivity contribution < 1.29 is 14.3 Å². The molecule has 1 heterocycles. The first-order valence-corrected chi connectivity index (χ1v) is 5.57. The molecular formula is C12H13ClN2O3. The van der Waals surface area contributed by atoms with Crippen molar-refractivity contribution in [2.45, 2.75) is 6.92 Å². The quantitative estimate of drug-likeness (QED) is 0.666. The normalized spacial score (nSPS) is 10.4. The molecule has 5 nitrogen and oxygen atoms in total. The molecule has 0 radical (unpaired) electrons. The van der Waals surface area contributed by atoms with Crippen molar-refractivity contribution >= 4 is 29.6 Å². The lowest BCUT2D eigenvalue weighted by atomic mass is 10.2. The molecule has 1 N–H and O–H groups in total. The molecule has 0 saturated heterocycles. The average molecular weight is 269 g/mol. The molecule has 0 fully saturated rings. The van der Waals surface area contributed by atoms with E-state index in [0.29, 0.717) is 17.7 Å². The van der Waals surface area contributed by atoms with Crippen LogP contribution in [-0.4, -0.2) is 30.5 Å². The molecule has 0 atom stereocenters. The summed E-state index contributed by atoms with van der Waals surface area (Å²) in [4.78, 5) is 25.9. The molecule has 96 valence electrons. The first kappa shape index (κ1) is 14.2. The Hall–Kier alpha value is -1.88. The number of ether oxygens (including phenoxy) is 1. The van der Waals surface area contributed by atoms with E-state index in [0.717, 1.165) is 0 Å². The molecule has 0 unspecified atom stereocenters. The number of hydrogen-bond donors (Lipinski definition) is 1. The molecule has 1 aromatic rings. The monoisotopic (exact) mass is 268 g/mol. The van der Waals surface area contributed by atoms with Crippen molar-refractivity contribution in [3.8, 4) is 0 Å². The molecule has 0 aliphatic heterocycles. The number of carbonyl (C=O) groups is 2. The number of esters is 1. The Bertz CT molecular complexity index is 486. The summed E-state index contributed by atoms with van der Waals surface area (Å²) in [6, 6.07) is 1.57. The number of carbonyl (C=O) groups excluding carboxylic acids is 2. The number of nitrogens with one attached hydrogen (secondary N) is 1. The van der Waals surface area contributed by atoms with Crippen LogP contribution in [0.3, 0.4) is 0 Å². The highest BCUT2D eigenvalue weighted by Crippen LogP contribution is 2.16. The van der Waals surface area contributed by atoms with Crippen molar-refractivity contribution in [3.63, 3.8) is 0 Å². The summed E-state index contributed by atoms with van der Waals surface area (Å²) >= 11 is 5.88. The third kappa shape index (κ3) is 4.18. The molecular weight excluding hydrogens is 256 g/mol. The highest BCUT2D eigenvalue weighted by molar-refractivity contribution is 6.30. The fraction of sp³-hybridized carbons (Fsp3) is 0.250. The highest BCUT2D eigenvalue weighted by Gasteiger charge is 2.08. The fourth-order valence-corrected chi connectivity index (χ4v) is 1.37. The van der Waals surface area contributed by atoms with Gasteiger partial charge in [0, 0.05) is 25.2 Å². The molecule has 18 heavy (non-hydrogen) atoms. The number of amides is 1. The molecule has 0 saturated carbocycles. The van der Waals surface area contributed by atoms with E-state index < -0.39 is 5.97 Å². The van der Waals surface area contributed by atoms with E-state index in [4.69, 9.17) is 11.6 Å². The van der Waals surface area contributed by atoms with E-state index in [9.17, 15) is 9.59 Å². The van der Waals surface area contributed by atoms with Gasteiger partial charge < -0.3 is 10.1 Å². The predicted octanol–water partition coefficient (Wildman–Crippen LogP) is 1.67. The van der Waals surface area contributed by atoms with Crippen molar-refractivity contribution in [2.75, 3.05) is 13.7 Å². The van der Waals surface area contributed by atoms with Crippen LogP contribution in [0.1, 0.15) is 22.8 Å². The molecule has 0 aliphatic carbocycles. The second-order valence-electron chi connectivity index (χ2n) is 3.44. The Labute approximate surface area is 110 Å². The second kappa shape index (κ2) is 6.76. The zero-order valence-corrected chi connectivity index (χ0v) is 10.8. The third-order valence-electron chi connectivity index (χ3n) is 2.05. The smallest absolute Gasteiger partial charge is 0.339 e. The van der Waals surface area contributed by atoms with Crippen LogP contribution in [0.15, 0.2) is 18.3 Å². The fourth-order valence-electron chi connectivity index (χ4n) is 1.20. The highest BCUT2D eigenvalue weighted by atomic mass is 35.5. The van der Waals surface area contributed by atoms with Gasteiger partial charge in [-0.3, -0.25) is 4.79 Å². The predicted molar refractivity (Wildman–Crippen MR) is 68.3 cm³/mol. The van der Waals surface area contributed by atoms with Crippen molar-refractivity contribution in [1.29, 1.82) is 0 Å². The molecule has 1 rings (SSSR count). The largest absolute Gasteiger partial charge is 0.465 e. The first-order chi connectivity index (χ1) is 8.54. The minimum Gasteiger partial charge on any atom is -0.465 e. The van der Waals surface area contributed by atoms with Crippen molar-refractivity contribution in [3.05, 3.63) is 34.6 Å². The maximum absolute atomic E-state index is 11.3. The van der Waals surface area contributed by atoms with Gasteiger partial charge in [-0.15, -0.1) is 0 Å². The van der Waals surface area contributed by atoms with Crippen molar-refractivity contribution in [1.82, 2.24) is 10.3 Å². The van der Waals surface area contributed by atoms with Crippen molar-refractivity contribution in [2.24, 2.45) is 0 Å². The molecule has 0 aromatic carbocycles. The maximum atomic E-state index is 11.3. The van der Waals surface area contributed by atoms with Crippen LogP contribution in [0.5, 0.6) is 0 Å². The van der Waals surface area contributed by atoms with Gasteiger partial charge in [-0.1, -0.05) is 23.8 Å². The van der Waals surface area contributed by atoms with Crippen LogP contribution in [0.4, 0.5) is 0 Å². The van der Waals surface area contributed by atoms with Gasteiger partial charge in [-0.2, -0.15) is 0 Å². The van der Waals surface area contributed by atoms with Crippen LogP contribution >= 0.6 is 11.6 Å². The van der Waals surface area contributed by atoms with Gasteiger partial charge in [-0.25, -0.2) is 9.78 Å². The Morgan fingerprint density at radius 1 is 1.56 bits per heavy atom. The number of halogens is 1. The molecule has 1 aromatic heterocycles. The topological polar surface area (TPSA) is 68.3 Å². The standard InChI is InChI=1S/C12H13ClN2O3/c1-8(16)14-5-3-4-9-6-10(12(17)18-2)7-15-11(9)13/h3-4,6-7H,5H2,1-2H3,(H,14,16). The van der Waals surface area contributed by atoms with Crippen LogP contribution in [0, 0.1) is 0 Å². The minimum absolute atomic E-state index is 0.118. The van der Waals surface area contributed by atoms with Gasteiger partial charge in [-0.05, 0) is 6.07 Å². The number of methoxy groups -OCH3 is 1. The van der Waals surface area contributed by atoms with E-state index in [1.807, 2.05) is 0 Å². The molecule has 1 amide bonds. The number of nitrogens with zero attached hydrogens (tertiary/aromatic N) is 1. The lowest BCUT2D eigenvalue weighted by Crippen LogP contribution is -2.19. The zero-order valence-electron chi connectivity index (χ0n) is 10.1. The Morgan fingerprint density at radius 3 is 2.89 bits per heavy atom. The zero-order chi connectivity index (χ0) is 13.5. The maximum Gasteiger partial charge on any atom is 0.339 e. The summed E-state index contributed by atoms with van der Waals surface area (Å²) in [6.45, 7) is 1.81. The summed E-state index contributed by atoms with van der Waals surface area (Å²) in [7, 11) is 1.29.